The molecule has 1 fully saturated rings. The quantitative estimate of drug-likeness (QED) is 0.662. The highest BCUT2D eigenvalue weighted by molar-refractivity contribution is 5.85. The van der Waals surface area contributed by atoms with Gasteiger partial charge >= 0.3 is 5.97 Å². The molecule has 0 unspecified atom stereocenters. The molecule has 0 radical (unpaired) electrons. The van der Waals surface area contributed by atoms with Gasteiger partial charge in [-0.05, 0) is 33.1 Å². The second kappa shape index (κ2) is 2.98. The summed E-state index contributed by atoms with van der Waals surface area (Å²) >= 11 is 0. The van der Waals surface area contributed by atoms with Gasteiger partial charge in [-0.1, -0.05) is 13.3 Å². The molecule has 1 saturated carbocycles. The van der Waals surface area contributed by atoms with Gasteiger partial charge in [0, 0.05) is 0 Å². The predicted molar refractivity (Wildman–Crippen MR) is 51.2 cm³/mol. The van der Waals surface area contributed by atoms with Crippen molar-refractivity contribution in [2.75, 3.05) is 0 Å². The van der Waals surface area contributed by atoms with Gasteiger partial charge in [-0.15, -0.1) is 0 Å². The first kappa shape index (κ1) is 10.5. The molecule has 1 aliphatic carbocycles. The summed E-state index contributed by atoms with van der Waals surface area (Å²) in [6.45, 7) is 7.62. The van der Waals surface area contributed by atoms with Crippen molar-refractivity contribution < 1.29 is 9.53 Å². The van der Waals surface area contributed by atoms with E-state index in [0.717, 1.165) is 12.8 Å². The Bertz CT molecular complexity index is 219. The van der Waals surface area contributed by atoms with Crippen molar-refractivity contribution in [2.45, 2.75) is 51.7 Å². The zero-order valence-electron chi connectivity index (χ0n) is 8.89. The Morgan fingerprint density at radius 2 is 2.15 bits per heavy atom. The average Bonchev–Trinajstić information content (AvgIpc) is 2.60. The number of rotatable bonds is 2. The molecule has 0 aromatic heterocycles. The van der Waals surface area contributed by atoms with Crippen molar-refractivity contribution in [3.8, 4) is 0 Å². The Balaban J connectivity index is 2.51. The number of carbonyl (C=O) groups excluding carboxylic acids is 1. The lowest BCUT2D eigenvalue weighted by atomic mass is 10.1. The summed E-state index contributed by atoms with van der Waals surface area (Å²) in [7, 11) is 0. The molecule has 0 aromatic rings. The molecule has 3 heteroatoms. The lowest BCUT2D eigenvalue weighted by Crippen LogP contribution is -2.41. The highest BCUT2D eigenvalue weighted by atomic mass is 16.6. The number of esters is 1. The summed E-state index contributed by atoms with van der Waals surface area (Å²) in [5, 5.41) is 0. The molecule has 0 amide bonds. The molecule has 0 bridgehead atoms. The topological polar surface area (TPSA) is 52.3 Å². The summed E-state index contributed by atoms with van der Waals surface area (Å²) in [6, 6.07) is 0. The smallest absolute Gasteiger partial charge is 0.326 e. The van der Waals surface area contributed by atoms with Gasteiger partial charge in [-0.3, -0.25) is 4.79 Å². The van der Waals surface area contributed by atoms with Crippen molar-refractivity contribution in [3.63, 3.8) is 0 Å². The molecular weight excluding hydrogens is 166 g/mol. The van der Waals surface area contributed by atoms with Gasteiger partial charge in [0.25, 0.3) is 0 Å². The van der Waals surface area contributed by atoms with Gasteiger partial charge in [0.2, 0.25) is 0 Å². The fourth-order valence-electron chi connectivity index (χ4n) is 1.48. The fraction of sp³-hybridized carbons (Fsp3) is 0.900. The summed E-state index contributed by atoms with van der Waals surface area (Å²) in [4.78, 5) is 11.6. The Kier molecular flexibility index (Phi) is 2.41. The number of carbonyl (C=O) groups is 1. The van der Waals surface area contributed by atoms with Crippen molar-refractivity contribution in [1.29, 1.82) is 0 Å². The lowest BCUT2D eigenvalue weighted by Gasteiger charge is -2.22. The third-order valence-corrected chi connectivity index (χ3v) is 2.42. The second-order valence-corrected chi connectivity index (χ2v) is 4.85. The Morgan fingerprint density at radius 1 is 1.62 bits per heavy atom. The zero-order chi connectivity index (χ0) is 10.3. The molecule has 1 aliphatic rings. The van der Waals surface area contributed by atoms with Gasteiger partial charge in [-0.25, -0.2) is 0 Å². The Morgan fingerprint density at radius 3 is 2.46 bits per heavy atom. The fourth-order valence-corrected chi connectivity index (χ4v) is 1.48. The third kappa shape index (κ3) is 2.21. The molecule has 76 valence electrons. The molecule has 0 saturated heterocycles. The molecular formula is C10H19NO2. The largest absolute Gasteiger partial charge is 0.459 e. The molecule has 2 atom stereocenters. The van der Waals surface area contributed by atoms with Crippen molar-refractivity contribution in [1.82, 2.24) is 0 Å². The molecule has 1 rings (SSSR count). The van der Waals surface area contributed by atoms with Gasteiger partial charge in [-0.2, -0.15) is 0 Å². The predicted octanol–water partition coefficient (Wildman–Crippen LogP) is 1.46. The van der Waals surface area contributed by atoms with Crippen LogP contribution < -0.4 is 5.73 Å². The van der Waals surface area contributed by atoms with Gasteiger partial charge < -0.3 is 10.5 Å². The van der Waals surface area contributed by atoms with Crippen LogP contribution in [0.1, 0.15) is 40.5 Å². The second-order valence-electron chi connectivity index (χ2n) is 4.85. The molecule has 3 nitrogen and oxygen atoms in total. The molecule has 0 aromatic carbocycles. The molecule has 2 N–H and O–H groups in total. The third-order valence-electron chi connectivity index (χ3n) is 2.42. The van der Waals surface area contributed by atoms with Gasteiger partial charge in [0.05, 0.1) is 0 Å². The van der Waals surface area contributed by atoms with E-state index in [0.29, 0.717) is 5.92 Å². The summed E-state index contributed by atoms with van der Waals surface area (Å²) in [5.74, 6) is 0.0780. The minimum atomic E-state index is -0.679. The van der Waals surface area contributed by atoms with Crippen LogP contribution in [0.5, 0.6) is 0 Å². The van der Waals surface area contributed by atoms with E-state index >= 15 is 0 Å². The van der Waals surface area contributed by atoms with E-state index in [2.05, 4.69) is 0 Å². The minimum Gasteiger partial charge on any atom is -0.459 e. The van der Waals surface area contributed by atoms with Crippen LogP contribution in [0.2, 0.25) is 0 Å². The highest BCUT2D eigenvalue weighted by Crippen LogP contribution is 2.44. The monoisotopic (exact) mass is 185 g/mol. The maximum absolute atomic E-state index is 11.6. The average molecular weight is 185 g/mol. The van der Waals surface area contributed by atoms with E-state index in [1.807, 2.05) is 27.7 Å². The van der Waals surface area contributed by atoms with E-state index < -0.39 is 11.1 Å². The van der Waals surface area contributed by atoms with Crippen LogP contribution in [0.25, 0.3) is 0 Å². The van der Waals surface area contributed by atoms with Crippen LogP contribution in [0, 0.1) is 5.92 Å². The number of hydrogen-bond donors (Lipinski definition) is 1. The SMILES string of the molecule is CC[C@H]1C[C@@]1(N)C(=O)OC(C)(C)C. The van der Waals surface area contributed by atoms with E-state index in [-0.39, 0.29) is 5.97 Å². The number of hydrogen-bond acceptors (Lipinski definition) is 3. The van der Waals surface area contributed by atoms with Crippen molar-refractivity contribution in [3.05, 3.63) is 0 Å². The van der Waals surface area contributed by atoms with E-state index in [9.17, 15) is 4.79 Å². The van der Waals surface area contributed by atoms with E-state index in [1.165, 1.54) is 0 Å². The van der Waals surface area contributed by atoms with Gasteiger partial charge in [0.1, 0.15) is 11.1 Å². The Hall–Kier alpha value is -0.570. The maximum Gasteiger partial charge on any atom is 0.326 e. The van der Waals surface area contributed by atoms with Crippen molar-refractivity contribution >= 4 is 5.97 Å². The maximum atomic E-state index is 11.6. The van der Waals surface area contributed by atoms with Crippen molar-refractivity contribution in [2.24, 2.45) is 11.7 Å². The zero-order valence-corrected chi connectivity index (χ0v) is 8.89. The normalized spacial score (nSPS) is 32.8. The van der Waals surface area contributed by atoms with Crippen LogP contribution in [-0.4, -0.2) is 17.1 Å². The van der Waals surface area contributed by atoms with E-state index in [1.54, 1.807) is 0 Å². The van der Waals surface area contributed by atoms with E-state index in [4.69, 9.17) is 10.5 Å². The highest BCUT2D eigenvalue weighted by Gasteiger charge is 2.57. The summed E-state index contributed by atoms with van der Waals surface area (Å²) in [5.41, 5.74) is 4.77. The van der Waals surface area contributed by atoms with Crippen LogP contribution >= 0.6 is 0 Å². The van der Waals surface area contributed by atoms with Crippen LogP contribution in [-0.2, 0) is 9.53 Å². The first-order chi connectivity index (χ1) is 5.79. The first-order valence-corrected chi connectivity index (χ1v) is 4.82. The molecule has 13 heavy (non-hydrogen) atoms. The minimum absolute atomic E-state index is 0.244. The van der Waals surface area contributed by atoms with Crippen LogP contribution in [0.3, 0.4) is 0 Å². The molecule has 0 aliphatic heterocycles. The standard InChI is InChI=1S/C10H19NO2/c1-5-7-6-10(7,11)8(12)13-9(2,3)4/h7H,5-6,11H2,1-4H3/t7-,10-/m0/s1. The molecule has 0 heterocycles. The molecule has 0 spiro atoms. The first-order valence-electron chi connectivity index (χ1n) is 4.82. The van der Waals surface area contributed by atoms with Gasteiger partial charge in [0.15, 0.2) is 0 Å². The Labute approximate surface area is 79.6 Å². The lowest BCUT2D eigenvalue weighted by molar-refractivity contribution is -0.158. The van der Waals surface area contributed by atoms with Crippen LogP contribution in [0.15, 0.2) is 0 Å². The number of nitrogens with two attached hydrogens (primary N) is 1. The van der Waals surface area contributed by atoms with Crippen LogP contribution in [0.4, 0.5) is 0 Å². The number of ether oxygens (including phenoxy) is 1. The summed E-state index contributed by atoms with van der Waals surface area (Å²) < 4.78 is 5.23. The summed E-state index contributed by atoms with van der Waals surface area (Å²) in [6.07, 6.45) is 1.73.